The number of carbonyl (C=O) groups is 2. The molecule has 0 fully saturated rings. The largest absolute Gasteiger partial charge is 0.508 e. The summed E-state index contributed by atoms with van der Waals surface area (Å²) in [5, 5.41) is 12.9. The van der Waals surface area contributed by atoms with Crippen molar-refractivity contribution in [2.45, 2.75) is 20.8 Å². The van der Waals surface area contributed by atoms with E-state index in [0.717, 1.165) is 16.6 Å². The Morgan fingerprint density at radius 2 is 1.85 bits per heavy atom. The molecule has 0 saturated heterocycles. The number of anilines is 1. The lowest BCUT2D eigenvalue weighted by atomic mass is 9.90. The zero-order valence-corrected chi connectivity index (χ0v) is 15.4. The zero-order valence-electron chi connectivity index (χ0n) is 15.4. The maximum Gasteiger partial charge on any atom is 0.256 e. The van der Waals surface area contributed by atoms with E-state index in [-0.39, 0.29) is 17.4 Å². The van der Waals surface area contributed by atoms with Crippen LogP contribution in [0.15, 0.2) is 48.7 Å². The molecule has 0 saturated carbocycles. The molecule has 0 unspecified atom stereocenters. The van der Waals surface area contributed by atoms with Gasteiger partial charge in [-0.2, -0.15) is 0 Å². The maximum atomic E-state index is 12.2. The molecular weight excluding hydrogens is 342 g/mol. The van der Waals surface area contributed by atoms with Gasteiger partial charge in [-0.3, -0.25) is 9.59 Å². The Bertz CT molecular complexity index is 1030. The first-order chi connectivity index (χ1) is 12.7. The van der Waals surface area contributed by atoms with E-state index in [9.17, 15) is 14.7 Å². The van der Waals surface area contributed by atoms with Gasteiger partial charge in [-0.15, -0.1) is 0 Å². The van der Waals surface area contributed by atoms with Gasteiger partial charge in [-0.1, -0.05) is 20.8 Å². The van der Waals surface area contributed by atoms with Gasteiger partial charge >= 0.3 is 0 Å². The van der Waals surface area contributed by atoms with Gasteiger partial charge in [0, 0.05) is 22.1 Å². The second-order valence-electron chi connectivity index (χ2n) is 7.33. The molecule has 0 radical (unpaired) electrons. The van der Waals surface area contributed by atoms with Gasteiger partial charge < -0.3 is 15.4 Å². The summed E-state index contributed by atoms with van der Waals surface area (Å²) in [4.78, 5) is 31.7. The Kier molecular flexibility index (Phi) is 4.81. The molecule has 3 N–H and O–H groups in total. The number of hydrogen-bond acceptors (Lipinski definition) is 4. The van der Waals surface area contributed by atoms with Crippen LogP contribution in [0.3, 0.4) is 0 Å². The van der Waals surface area contributed by atoms with E-state index >= 15 is 0 Å². The molecule has 1 aromatic carbocycles. The summed E-state index contributed by atoms with van der Waals surface area (Å²) in [6.07, 6.45) is 4.93. The second-order valence-corrected chi connectivity index (χ2v) is 7.33. The summed E-state index contributed by atoms with van der Waals surface area (Å²) in [5.74, 6) is 0.249. The molecular formula is C21H21N3O3. The summed E-state index contributed by atoms with van der Waals surface area (Å²) in [6.45, 7) is 5.62. The molecule has 0 aliphatic carbocycles. The van der Waals surface area contributed by atoms with Crippen molar-refractivity contribution < 1.29 is 14.7 Å². The highest BCUT2D eigenvalue weighted by Gasteiger charge is 2.18. The number of rotatable bonds is 4. The van der Waals surface area contributed by atoms with Crippen molar-refractivity contribution >= 4 is 34.5 Å². The quantitative estimate of drug-likeness (QED) is 0.607. The van der Waals surface area contributed by atoms with Crippen LogP contribution in [0.4, 0.5) is 5.82 Å². The minimum absolute atomic E-state index is 0.0427. The molecule has 0 aliphatic heterocycles. The molecule has 0 spiro atoms. The van der Waals surface area contributed by atoms with Crippen LogP contribution in [0.5, 0.6) is 5.75 Å². The number of nitrogens with zero attached hydrogens (tertiary/aromatic N) is 1. The van der Waals surface area contributed by atoms with Crippen LogP contribution < -0.4 is 5.32 Å². The highest BCUT2D eigenvalue weighted by molar-refractivity contribution is 6.04. The molecule has 1 amide bonds. The number of fused-ring (bicyclic) bond motifs is 1. The normalized spacial score (nSPS) is 11.8. The number of carbonyl (C=O) groups excluding carboxylic acids is 2. The van der Waals surface area contributed by atoms with Crippen molar-refractivity contribution in [3.8, 4) is 5.75 Å². The van der Waals surface area contributed by atoms with Crippen LogP contribution in [0.25, 0.3) is 17.0 Å². The lowest BCUT2D eigenvalue weighted by Gasteiger charge is -2.12. The zero-order chi connectivity index (χ0) is 19.6. The number of nitrogens with one attached hydrogen (secondary N) is 2. The van der Waals surface area contributed by atoms with Crippen LogP contribution in [-0.4, -0.2) is 26.8 Å². The fourth-order valence-corrected chi connectivity index (χ4v) is 2.43. The number of aromatic nitrogens is 2. The van der Waals surface area contributed by atoms with Crippen molar-refractivity contribution in [2.24, 2.45) is 5.41 Å². The predicted molar refractivity (Wildman–Crippen MR) is 106 cm³/mol. The lowest BCUT2D eigenvalue weighted by molar-refractivity contribution is -0.121. The third-order valence-corrected chi connectivity index (χ3v) is 4.05. The highest BCUT2D eigenvalue weighted by atomic mass is 16.3. The number of hydrogen-bond donors (Lipinski definition) is 3. The number of aromatic hydroxyl groups is 1. The van der Waals surface area contributed by atoms with Gasteiger partial charge in [0.05, 0.1) is 11.7 Å². The van der Waals surface area contributed by atoms with Gasteiger partial charge in [-0.05, 0) is 48.6 Å². The number of benzene rings is 1. The molecule has 27 heavy (non-hydrogen) atoms. The van der Waals surface area contributed by atoms with Crippen molar-refractivity contribution in [1.29, 1.82) is 0 Å². The summed E-state index contributed by atoms with van der Waals surface area (Å²) >= 11 is 0. The smallest absolute Gasteiger partial charge is 0.256 e. The van der Waals surface area contributed by atoms with E-state index in [1.807, 2.05) is 26.8 Å². The summed E-state index contributed by atoms with van der Waals surface area (Å²) in [5.41, 5.74) is 1.59. The van der Waals surface area contributed by atoms with Gasteiger partial charge in [0.25, 0.3) is 5.91 Å². The van der Waals surface area contributed by atoms with E-state index in [0.29, 0.717) is 11.4 Å². The number of ketones is 1. The Morgan fingerprint density at radius 3 is 2.52 bits per heavy atom. The Morgan fingerprint density at radius 1 is 1.15 bits per heavy atom. The number of allylic oxidation sites excluding steroid dienone is 1. The predicted octanol–water partition coefficient (Wildman–Crippen LogP) is 4.15. The number of pyridine rings is 1. The molecule has 138 valence electrons. The van der Waals surface area contributed by atoms with E-state index in [2.05, 4.69) is 15.3 Å². The van der Waals surface area contributed by atoms with Gasteiger partial charge in [0.1, 0.15) is 11.6 Å². The fourth-order valence-electron chi connectivity index (χ4n) is 2.43. The maximum absolute atomic E-state index is 12.2. The first kappa shape index (κ1) is 18.4. The van der Waals surface area contributed by atoms with Crippen molar-refractivity contribution in [2.75, 3.05) is 5.32 Å². The topological polar surface area (TPSA) is 95.1 Å². The van der Waals surface area contributed by atoms with Crippen LogP contribution in [-0.2, 0) is 4.79 Å². The van der Waals surface area contributed by atoms with Crippen molar-refractivity contribution in [1.82, 2.24) is 9.97 Å². The fraction of sp³-hybridized carbons (Fsp3) is 0.190. The highest BCUT2D eigenvalue weighted by Crippen LogP contribution is 2.21. The molecule has 2 heterocycles. The third kappa shape index (κ3) is 4.41. The van der Waals surface area contributed by atoms with E-state index < -0.39 is 5.41 Å². The number of phenols is 1. The summed E-state index contributed by atoms with van der Waals surface area (Å²) in [7, 11) is 0. The summed E-state index contributed by atoms with van der Waals surface area (Å²) < 4.78 is 0. The van der Waals surface area contributed by atoms with E-state index in [4.69, 9.17) is 0 Å². The Balaban J connectivity index is 1.77. The third-order valence-electron chi connectivity index (χ3n) is 4.05. The average Bonchev–Trinajstić information content (AvgIpc) is 3.01. The first-order valence-corrected chi connectivity index (χ1v) is 8.54. The lowest BCUT2D eigenvalue weighted by Crippen LogP contribution is -2.17. The van der Waals surface area contributed by atoms with E-state index in [1.54, 1.807) is 24.4 Å². The number of amides is 1. The standard InChI is InChI=1S/C21H21N3O3/c1-21(2,3)18(26)9-6-15-10-14-11-19(22-12-17(14)23-15)24-20(27)13-4-7-16(25)8-5-13/h4-12,23,25H,1-3H3,(H,22,24,27). The Hall–Kier alpha value is -3.41. The summed E-state index contributed by atoms with van der Waals surface area (Å²) in [6, 6.07) is 9.63. The van der Waals surface area contributed by atoms with Crippen molar-refractivity contribution in [3.05, 3.63) is 59.9 Å². The monoisotopic (exact) mass is 363 g/mol. The van der Waals surface area contributed by atoms with Gasteiger partial charge in [-0.25, -0.2) is 4.98 Å². The van der Waals surface area contributed by atoms with Crippen LogP contribution in [0, 0.1) is 5.41 Å². The SMILES string of the molecule is CC(C)(C)C(=O)C=Cc1cc2cc(NC(=O)c3ccc(O)cc3)ncc2[nH]1. The Labute approximate surface area is 156 Å². The van der Waals surface area contributed by atoms with Crippen molar-refractivity contribution in [3.63, 3.8) is 0 Å². The van der Waals surface area contributed by atoms with Gasteiger partial charge in [0.15, 0.2) is 5.78 Å². The van der Waals surface area contributed by atoms with Crippen LogP contribution in [0.1, 0.15) is 36.8 Å². The first-order valence-electron chi connectivity index (χ1n) is 8.54. The van der Waals surface area contributed by atoms with Crippen LogP contribution in [0.2, 0.25) is 0 Å². The van der Waals surface area contributed by atoms with E-state index in [1.165, 1.54) is 24.3 Å². The average molecular weight is 363 g/mol. The number of phenolic OH excluding ortho intramolecular Hbond substituents is 1. The molecule has 3 aromatic rings. The molecule has 6 nitrogen and oxygen atoms in total. The molecule has 0 atom stereocenters. The molecule has 3 rings (SSSR count). The molecule has 6 heteroatoms. The molecule has 0 bridgehead atoms. The minimum atomic E-state index is -0.421. The number of H-pyrrole nitrogens is 1. The van der Waals surface area contributed by atoms with Gasteiger partial charge in [0.2, 0.25) is 0 Å². The number of aromatic amines is 1. The molecule has 2 aromatic heterocycles. The minimum Gasteiger partial charge on any atom is -0.508 e. The second kappa shape index (κ2) is 7.07. The molecule has 0 aliphatic rings. The van der Waals surface area contributed by atoms with Crippen LogP contribution >= 0.6 is 0 Å².